The monoisotopic (exact) mass is 453 g/mol. The number of rotatable bonds is 4. The first-order chi connectivity index (χ1) is 14.5. The number of amides is 2. The maximum absolute atomic E-state index is 14.1. The van der Waals surface area contributed by atoms with Crippen LogP contribution in [0.3, 0.4) is 0 Å². The molecule has 2 fully saturated rings. The molecule has 0 radical (unpaired) electrons. The molecule has 4 rings (SSSR count). The molecule has 1 aromatic carbocycles. The number of carbonyl (C=O) groups is 2. The Kier molecular flexibility index (Phi) is 5.56. The number of aromatic nitrogens is 2. The van der Waals surface area contributed by atoms with Gasteiger partial charge >= 0.3 is 6.18 Å². The number of nitrogen functional groups attached to an aromatic ring is 1. The van der Waals surface area contributed by atoms with Crippen LogP contribution in [0.2, 0.25) is 0 Å². The van der Waals surface area contributed by atoms with Crippen molar-refractivity contribution in [2.24, 2.45) is 11.1 Å². The van der Waals surface area contributed by atoms with E-state index in [9.17, 15) is 27.2 Å². The molecule has 11 heteroatoms. The van der Waals surface area contributed by atoms with Crippen molar-refractivity contribution in [1.29, 1.82) is 0 Å². The van der Waals surface area contributed by atoms with Gasteiger partial charge in [0, 0.05) is 24.1 Å². The highest BCUT2D eigenvalue weighted by Crippen LogP contribution is 2.55. The van der Waals surface area contributed by atoms with Crippen LogP contribution in [-0.4, -0.2) is 39.6 Å². The molecule has 0 atom stereocenters. The topological polar surface area (TPSA) is 107 Å². The van der Waals surface area contributed by atoms with Crippen LogP contribution in [0.25, 0.3) is 11.3 Å². The van der Waals surface area contributed by atoms with Crippen LogP contribution in [0, 0.1) is 11.2 Å². The fourth-order valence-electron chi connectivity index (χ4n) is 4.48. The third-order valence-electron chi connectivity index (χ3n) is 5.96. The molecule has 2 heterocycles. The van der Waals surface area contributed by atoms with Gasteiger partial charge in [0.05, 0.1) is 11.6 Å². The minimum atomic E-state index is -4.85. The lowest BCUT2D eigenvalue weighted by atomic mass is 9.60. The summed E-state index contributed by atoms with van der Waals surface area (Å²) >= 11 is 0. The van der Waals surface area contributed by atoms with Gasteiger partial charge < -0.3 is 16.4 Å². The molecule has 0 bridgehead atoms. The molecule has 1 saturated carbocycles. The van der Waals surface area contributed by atoms with Crippen molar-refractivity contribution >= 4 is 17.6 Å². The SMILES string of the molecule is C.C=CC(=O)N1CC2(CC(n3nc(-c4ccc(C(F)(F)F)c(F)c4)c(C(N)=O)c3N)C2)C1. The number of halogens is 4. The zero-order valence-electron chi connectivity index (χ0n) is 16.2. The Labute approximate surface area is 181 Å². The molecule has 32 heavy (non-hydrogen) atoms. The number of likely N-dealkylation sites (tertiary alicyclic amines) is 1. The van der Waals surface area contributed by atoms with Crippen LogP contribution in [0.5, 0.6) is 0 Å². The van der Waals surface area contributed by atoms with Gasteiger partial charge in [0.25, 0.3) is 5.91 Å². The molecular weight excluding hydrogens is 430 g/mol. The first-order valence-electron chi connectivity index (χ1n) is 9.42. The van der Waals surface area contributed by atoms with Crippen molar-refractivity contribution in [3.63, 3.8) is 0 Å². The zero-order chi connectivity index (χ0) is 22.7. The van der Waals surface area contributed by atoms with Crippen molar-refractivity contribution in [2.45, 2.75) is 32.5 Å². The van der Waals surface area contributed by atoms with Crippen LogP contribution < -0.4 is 11.5 Å². The van der Waals surface area contributed by atoms with Crippen LogP contribution in [0.1, 0.15) is 42.2 Å². The van der Waals surface area contributed by atoms with E-state index in [1.807, 2.05) is 0 Å². The van der Waals surface area contributed by atoms with E-state index >= 15 is 0 Å². The molecule has 4 N–H and O–H groups in total. The average molecular weight is 453 g/mol. The average Bonchev–Trinajstić information content (AvgIpc) is 2.95. The molecule has 172 valence electrons. The Morgan fingerprint density at radius 2 is 1.88 bits per heavy atom. The second-order valence-corrected chi connectivity index (χ2v) is 8.07. The van der Waals surface area contributed by atoms with E-state index in [1.54, 1.807) is 4.90 Å². The molecule has 1 aromatic heterocycles. The summed E-state index contributed by atoms with van der Waals surface area (Å²) in [6, 6.07) is 2.10. The predicted octanol–water partition coefficient (Wildman–Crippen LogP) is 3.37. The number of primary amides is 1. The van der Waals surface area contributed by atoms with E-state index in [-0.39, 0.29) is 47.4 Å². The van der Waals surface area contributed by atoms with Gasteiger partial charge in [-0.3, -0.25) is 9.59 Å². The Bertz CT molecular complexity index is 1090. The Morgan fingerprint density at radius 3 is 2.38 bits per heavy atom. The lowest BCUT2D eigenvalue weighted by Gasteiger charge is -2.58. The number of carbonyl (C=O) groups excluding carboxylic acids is 2. The number of nitrogens with zero attached hydrogens (tertiary/aromatic N) is 3. The van der Waals surface area contributed by atoms with Gasteiger partial charge in [0.2, 0.25) is 5.91 Å². The van der Waals surface area contributed by atoms with Gasteiger partial charge in [-0.2, -0.15) is 18.3 Å². The molecular formula is C21H23F4N5O2. The molecule has 2 amide bonds. The summed E-state index contributed by atoms with van der Waals surface area (Å²) in [5.74, 6) is -2.58. The molecule has 1 saturated heterocycles. The summed E-state index contributed by atoms with van der Waals surface area (Å²) in [6.45, 7) is 4.61. The summed E-state index contributed by atoms with van der Waals surface area (Å²) in [7, 11) is 0. The van der Waals surface area contributed by atoms with Gasteiger partial charge in [0.15, 0.2) is 0 Å². The van der Waals surface area contributed by atoms with Gasteiger partial charge in [-0.15, -0.1) is 0 Å². The quantitative estimate of drug-likeness (QED) is 0.547. The van der Waals surface area contributed by atoms with E-state index in [2.05, 4.69) is 11.7 Å². The summed E-state index contributed by atoms with van der Waals surface area (Å²) in [5, 5.41) is 4.30. The van der Waals surface area contributed by atoms with E-state index in [1.165, 1.54) is 10.8 Å². The first kappa shape index (κ1) is 23.3. The summed E-state index contributed by atoms with van der Waals surface area (Å²) in [4.78, 5) is 25.3. The fourth-order valence-corrected chi connectivity index (χ4v) is 4.48. The third kappa shape index (κ3) is 3.61. The number of nitrogens with two attached hydrogens (primary N) is 2. The van der Waals surface area contributed by atoms with E-state index < -0.39 is 23.5 Å². The Balaban J connectivity index is 0.00000289. The Hall–Kier alpha value is -3.37. The van der Waals surface area contributed by atoms with E-state index in [4.69, 9.17) is 11.5 Å². The van der Waals surface area contributed by atoms with Crippen LogP contribution in [0.4, 0.5) is 23.4 Å². The number of anilines is 1. The summed E-state index contributed by atoms with van der Waals surface area (Å²) in [5.41, 5.74) is 9.74. The minimum absolute atomic E-state index is 0. The zero-order valence-corrected chi connectivity index (χ0v) is 16.2. The van der Waals surface area contributed by atoms with E-state index in [0.717, 1.165) is 6.07 Å². The lowest BCUT2D eigenvalue weighted by Crippen LogP contribution is -2.63. The van der Waals surface area contributed by atoms with Crippen molar-refractivity contribution in [2.75, 3.05) is 18.8 Å². The highest BCUT2D eigenvalue weighted by Gasteiger charge is 2.54. The second kappa shape index (κ2) is 7.64. The highest BCUT2D eigenvalue weighted by atomic mass is 19.4. The number of benzene rings is 1. The molecule has 1 spiro atoms. The van der Waals surface area contributed by atoms with Gasteiger partial charge in [-0.05, 0) is 31.1 Å². The largest absolute Gasteiger partial charge is 0.419 e. The molecule has 1 aliphatic heterocycles. The van der Waals surface area contributed by atoms with Gasteiger partial charge in [-0.25, -0.2) is 9.07 Å². The third-order valence-corrected chi connectivity index (χ3v) is 5.96. The number of alkyl halides is 3. The smallest absolute Gasteiger partial charge is 0.383 e. The van der Waals surface area contributed by atoms with Crippen molar-refractivity contribution in [1.82, 2.24) is 14.7 Å². The molecule has 0 unspecified atom stereocenters. The van der Waals surface area contributed by atoms with Crippen molar-refractivity contribution < 1.29 is 27.2 Å². The number of hydrogen-bond acceptors (Lipinski definition) is 4. The summed E-state index contributed by atoms with van der Waals surface area (Å²) in [6.07, 6.45) is -2.29. The summed E-state index contributed by atoms with van der Waals surface area (Å²) < 4.78 is 54.0. The van der Waals surface area contributed by atoms with E-state index in [0.29, 0.717) is 38.1 Å². The molecule has 2 aliphatic rings. The van der Waals surface area contributed by atoms with Crippen LogP contribution >= 0.6 is 0 Å². The Morgan fingerprint density at radius 1 is 1.25 bits per heavy atom. The van der Waals surface area contributed by atoms with Crippen LogP contribution in [-0.2, 0) is 11.0 Å². The first-order valence-corrected chi connectivity index (χ1v) is 9.42. The van der Waals surface area contributed by atoms with Crippen molar-refractivity contribution in [3.8, 4) is 11.3 Å². The van der Waals surface area contributed by atoms with Crippen molar-refractivity contribution in [3.05, 3.63) is 47.8 Å². The maximum Gasteiger partial charge on any atom is 0.419 e. The molecule has 1 aliphatic carbocycles. The highest BCUT2D eigenvalue weighted by molar-refractivity contribution is 6.03. The van der Waals surface area contributed by atoms with Gasteiger partial charge in [0.1, 0.15) is 22.9 Å². The van der Waals surface area contributed by atoms with Gasteiger partial charge in [-0.1, -0.05) is 20.1 Å². The molecule has 7 nitrogen and oxygen atoms in total. The van der Waals surface area contributed by atoms with Crippen LogP contribution in [0.15, 0.2) is 30.9 Å². The lowest BCUT2D eigenvalue weighted by molar-refractivity contribution is -0.149. The normalized spacial score (nSPS) is 17.3. The minimum Gasteiger partial charge on any atom is -0.383 e. The standard InChI is InChI=1S/C20H19F4N5O2.CH4/c1-2-14(30)28-8-19(9-28)6-11(7-19)29-17(25)15(18(26)31)16(27-29)10-3-4-12(13(21)5-10)20(22,23)24;/h2-5,11H,1,6-9,25H2,(H2,26,31);1H4. The predicted molar refractivity (Wildman–Crippen MR) is 110 cm³/mol. The molecule has 2 aromatic rings. The fraction of sp³-hybridized carbons (Fsp3) is 0.381. The maximum atomic E-state index is 14.1. The number of hydrogen-bond donors (Lipinski definition) is 2. The second-order valence-electron chi connectivity index (χ2n) is 8.07.